The summed E-state index contributed by atoms with van der Waals surface area (Å²) in [5.41, 5.74) is 5.08. The molecule has 0 bridgehead atoms. The topological polar surface area (TPSA) is 12.0 Å². The van der Waals surface area contributed by atoms with E-state index in [2.05, 4.69) is 78.3 Å². The zero-order chi connectivity index (χ0) is 13.8. The number of nitrogens with one attached hydrogen (secondary N) is 1. The molecule has 0 aliphatic carbocycles. The molecule has 1 nitrogen and oxygen atoms in total. The highest BCUT2D eigenvalue weighted by Gasteiger charge is 2.05. The minimum atomic E-state index is 0.851. The Labute approximate surface area is 123 Å². The Hall–Kier alpha value is -2.06. The minimum absolute atomic E-state index is 0.851. The third-order valence-electron chi connectivity index (χ3n) is 3.28. The average Bonchev–Trinajstić information content (AvgIpc) is 3.00. The third-order valence-corrected chi connectivity index (χ3v) is 4.18. The first-order valence-electron chi connectivity index (χ1n) is 6.75. The van der Waals surface area contributed by atoms with Gasteiger partial charge in [0.2, 0.25) is 0 Å². The second kappa shape index (κ2) is 5.93. The minimum Gasteiger partial charge on any atom is -0.380 e. The summed E-state index contributed by atoms with van der Waals surface area (Å²) < 4.78 is 0. The molecule has 0 atom stereocenters. The molecule has 3 aromatic rings. The predicted molar refractivity (Wildman–Crippen MR) is 88.3 cm³/mol. The Kier molecular flexibility index (Phi) is 3.84. The molecule has 100 valence electrons. The lowest BCUT2D eigenvalue weighted by molar-refractivity contribution is 1.14. The fourth-order valence-electron chi connectivity index (χ4n) is 2.30. The van der Waals surface area contributed by atoms with Crippen LogP contribution in [0.15, 0.2) is 66.0 Å². The van der Waals surface area contributed by atoms with Gasteiger partial charge in [0.15, 0.2) is 0 Å². The quantitative estimate of drug-likeness (QED) is 0.680. The van der Waals surface area contributed by atoms with Gasteiger partial charge in [0.05, 0.1) is 0 Å². The fourth-order valence-corrected chi connectivity index (χ4v) is 3.07. The molecular weight excluding hydrogens is 262 g/mol. The van der Waals surface area contributed by atoms with Crippen molar-refractivity contribution in [2.45, 2.75) is 13.5 Å². The van der Waals surface area contributed by atoms with Crippen molar-refractivity contribution in [2.24, 2.45) is 0 Å². The Morgan fingerprint density at radius 3 is 2.65 bits per heavy atom. The summed E-state index contributed by atoms with van der Waals surface area (Å²) in [7, 11) is 0. The first-order chi connectivity index (χ1) is 9.83. The number of anilines is 1. The molecule has 0 saturated carbocycles. The van der Waals surface area contributed by atoms with E-state index in [-0.39, 0.29) is 0 Å². The van der Waals surface area contributed by atoms with Crippen molar-refractivity contribution >= 4 is 17.0 Å². The number of aryl methyl sites for hydroxylation is 1. The van der Waals surface area contributed by atoms with Crippen LogP contribution >= 0.6 is 11.3 Å². The van der Waals surface area contributed by atoms with Gasteiger partial charge in [0.1, 0.15) is 0 Å². The molecule has 1 N–H and O–H groups in total. The van der Waals surface area contributed by atoms with E-state index < -0.39 is 0 Å². The van der Waals surface area contributed by atoms with Gasteiger partial charge in [-0.05, 0) is 30.0 Å². The van der Waals surface area contributed by atoms with Crippen LogP contribution in [0.25, 0.3) is 10.4 Å². The predicted octanol–water partition coefficient (Wildman–Crippen LogP) is 5.34. The Morgan fingerprint density at radius 1 is 0.950 bits per heavy atom. The van der Waals surface area contributed by atoms with E-state index >= 15 is 0 Å². The van der Waals surface area contributed by atoms with Gasteiger partial charge in [0.25, 0.3) is 0 Å². The molecule has 0 saturated heterocycles. The molecule has 1 aromatic heterocycles. The van der Waals surface area contributed by atoms with E-state index in [0.717, 1.165) is 6.54 Å². The summed E-state index contributed by atoms with van der Waals surface area (Å²) >= 11 is 1.77. The van der Waals surface area contributed by atoms with Crippen LogP contribution in [0.4, 0.5) is 5.69 Å². The van der Waals surface area contributed by atoms with Crippen LogP contribution in [0.2, 0.25) is 0 Å². The standard InChI is InChI=1S/C18H17NS/c1-14-6-4-7-15(12-14)13-19-17-9-3-2-8-16(17)18-10-5-11-20-18/h2-12,19H,13H2,1H3. The molecule has 0 unspecified atom stereocenters. The van der Waals surface area contributed by atoms with E-state index in [0.29, 0.717) is 0 Å². The molecule has 0 aliphatic heterocycles. The van der Waals surface area contributed by atoms with E-state index in [1.54, 1.807) is 11.3 Å². The summed E-state index contributed by atoms with van der Waals surface area (Å²) in [5, 5.41) is 5.67. The largest absolute Gasteiger partial charge is 0.380 e. The lowest BCUT2D eigenvalue weighted by atomic mass is 10.1. The summed E-state index contributed by atoms with van der Waals surface area (Å²) in [6.07, 6.45) is 0. The molecule has 0 radical (unpaired) electrons. The summed E-state index contributed by atoms with van der Waals surface area (Å²) in [4.78, 5) is 1.30. The lowest BCUT2D eigenvalue weighted by Gasteiger charge is -2.11. The van der Waals surface area contributed by atoms with Crippen LogP contribution in [0.1, 0.15) is 11.1 Å². The summed E-state index contributed by atoms with van der Waals surface area (Å²) in [6.45, 7) is 2.98. The van der Waals surface area contributed by atoms with Gasteiger partial charge >= 0.3 is 0 Å². The second-order valence-electron chi connectivity index (χ2n) is 4.87. The van der Waals surface area contributed by atoms with E-state index in [1.807, 2.05) is 0 Å². The van der Waals surface area contributed by atoms with Crippen LogP contribution in [0.5, 0.6) is 0 Å². The zero-order valence-electron chi connectivity index (χ0n) is 11.5. The summed E-state index contributed by atoms with van der Waals surface area (Å²) in [5.74, 6) is 0. The van der Waals surface area contributed by atoms with Crippen molar-refractivity contribution in [3.8, 4) is 10.4 Å². The fraction of sp³-hybridized carbons (Fsp3) is 0.111. The molecule has 0 spiro atoms. The second-order valence-corrected chi connectivity index (χ2v) is 5.81. The highest BCUT2D eigenvalue weighted by molar-refractivity contribution is 7.13. The smallest absolute Gasteiger partial charge is 0.0430 e. The lowest BCUT2D eigenvalue weighted by Crippen LogP contribution is -2.00. The van der Waals surface area contributed by atoms with Gasteiger partial charge in [-0.2, -0.15) is 0 Å². The number of para-hydroxylation sites is 1. The van der Waals surface area contributed by atoms with Crippen LogP contribution in [0.3, 0.4) is 0 Å². The number of hydrogen-bond donors (Lipinski definition) is 1. The van der Waals surface area contributed by atoms with Gasteiger partial charge in [-0.3, -0.25) is 0 Å². The molecule has 2 heteroatoms. The Balaban J connectivity index is 1.81. The SMILES string of the molecule is Cc1cccc(CNc2ccccc2-c2cccs2)c1. The van der Waals surface area contributed by atoms with Crippen molar-refractivity contribution in [2.75, 3.05) is 5.32 Å². The number of thiophene rings is 1. The molecule has 0 aliphatic rings. The Bertz CT molecular complexity index is 686. The Morgan fingerprint density at radius 2 is 1.85 bits per heavy atom. The van der Waals surface area contributed by atoms with Crippen molar-refractivity contribution in [3.05, 3.63) is 77.2 Å². The van der Waals surface area contributed by atoms with Crippen LogP contribution in [-0.4, -0.2) is 0 Å². The number of rotatable bonds is 4. The first-order valence-corrected chi connectivity index (χ1v) is 7.63. The number of benzene rings is 2. The molecule has 20 heavy (non-hydrogen) atoms. The van der Waals surface area contributed by atoms with Gasteiger partial charge in [-0.1, -0.05) is 54.1 Å². The van der Waals surface area contributed by atoms with Crippen LogP contribution in [0, 0.1) is 6.92 Å². The maximum Gasteiger partial charge on any atom is 0.0430 e. The maximum atomic E-state index is 3.55. The monoisotopic (exact) mass is 279 g/mol. The average molecular weight is 279 g/mol. The van der Waals surface area contributed by atoms with Crippen molar-refractivity contribution in [3.63, 3.8) is 0 Å². The first kappa shape index (κ1) is 12.9. The molecular formula is C18H17NS. The summed E-state index contributed by atoms with van der Waals surface area (Å²) in [6, 6.07) is 21.4. The molecule has 3 rings (SSSR count). The normalized spacial score (nSPS) is 10.4. The molecule has 2 aromatic carbocycles. The van der Waals surface area contributed by atoms with Crippen molar-refractivity contribution in [1.82, 2.24) is 0 Å². The van der Waals surface area contributed by atoms with Crippen molar-refractivity contribution in [1.29, 1.82) is 0 Å². The van der Waals surface area contributed by atoms with Crippen molar-refractivity contribution < 1.29 is 0 Å². The zero-order valence-corrected chi connectivity index (χ0v) is 12.3. The molecule has 0 fully saturated rings. The highest BCUT2D eigenvalue weighted by atomic mass is 32.1. The number of hydrogen-bond acceptors (Lipinski definition) is 2. The van der Waals surface area contributed by atoms with Crippen LogP contribution < -0.4 is 5.32 Å². The van der Waals surface area contributed by atoms with Crippen LogP contribution in [-0.2, 0) is 6.54 Å². The van der Waals surface area contributed by atoms with Gasteiger partial charge < -0.3 is 5.32 Å². The third kappa shape index (κ3) is 2.91. The maximum absolute atomic E-state index is 3.55. The van der Waals surface area contributed by atoms with E-state index in [9.17, 15) is 0 Å². The van der Waals surface area contributed by atoms with E-state index in [1.165, 1.54) is 27.3 Å². The molecule has 1 heterocycles. The van der Waals surface area contributed by atoms with E-state index in [4.69, 9.17) is 0 Å². The molecule has 0 amide bonds. The highest BCUT2D eigenvalue weighted by Crippen LogP contribution is 2.31. The van der Waals surface area contributed by atoms with Gasteiger partial charge in [-0.15, -0.1) is 11.3 Å². The van der Waals surface area contributed by atoms with Gasteiger partial charge in [-0.25, -0.2) is 0 Å². The van der Waals surface area contributed by atoms with Gasteiger partial charge in [0, 0.05) is 22.7 Å².